The van der Waals surface area contributed by atoms with Gasteiger partial charge in [0.2, 0.25) is 0 Å². The molecule has 1 saturated heterocycles. The number of carbonyl (C=O) groups excluding carboxylic acids is 3. The Hall–Kier alpha value is -3.42. The minimum absolute atomic E-state index is 0.0376. The van der Waals surface area contributed by atoms with Crippen molar-refractivity contribution in [2.75, 3.05) is 32.2 Å². The molecule has 7 nitrogen and oxygen atoms in total. The van der Waals surface area contributed by atoms with E-state index in [1.54, 1.807) is 17.1 Å². The molecule has 0 radical (unpaired) electrons. The zero-order valence-electron chi connectivity index (χ0n) is 16.2. The predicted octanol–water partition coefficient (Wildman–Crippen LogP) is 2.55. The zero-order valence-corrected chi connectivity index (χ0v) is 16.2. The van der Waals surface area contributed by atoms with Crippen LogP contribution >= 0.6 is 0 Å². The van der Waals surface area contributed by atoms with Gasteiger partial charge in [0.05, 0.1) is 25.4 Å². The van der Waals surface area contributed by atoms with E-state index in [1.807, 2.05) is 0 Å². The number of carbonyl (C=O) groups is 3. The summed E-state index contributed by atoms with van der Waals surface area (Å²) in [6.07, 6.45) is 7.85. The van der Waals surface area contributed by atoms with Crippen LogP contribution in [0.25, 0.3) is 0 Å². The quantitative estimate of drug-likeness (QED) is 0.723. The Morgan fingerprint density at radius 1 is 1.00 bits per heavy atom. The van der Waals surface area contributed by atoms with Gasteiger partial charge in [0.1, 0.15) is 11.5 Å². The van der Waals surface area contributed by atoms with Crippen molar-refractivity contribution >= 4 is 23.5 Å². The van der Waals surface area contributed by atoms with Crippen molar-refractivity contribution in [3.63, 3.8) is 0 Å². The van der Waals surface area contributed by atoms with Crippen LogP contribution in [0.4, 0.5) is 10.1 Å². The molecular weight excluding hydrogens is 379 g/mol. The normalized spacial score (nSPS) is 16.1. The minimum Gasteiger partial charge on any atom is -0.465 e. The Kier molecular flexibility index (Phi) is 6.11. The first kappa shape index (κ1) is 20.3. The highest BCUT2D eigenvalue weighted by atomic mass is 19.1. The van der Waals surface area contributed by atoms with Crippen LogP contribution in [0.15, 0.2) is 53.9 Å². The molecule has 0 aliphatic carbocycles. The van der Waals surface area contributed by atoms with Crippen molar-refractivity contribution in [3.05, 3.63) is 65.3 Å². The molecule has 0 N–H and O–H groups in total. The van der Waals surface area contributed by atoms with Gasteiger partial charge in [-0.05, 0) is 43.2 Å². The number of esters is 2. The summed E-state index contributed by atoms with van der Waals surface area (Å²) >= 11 is 0. The third-order valence-corrected chi connectivity index (χ3v) is 4.74. The van der Waals surface area contributed by atoms with Crippen LogP contribution in [-0.4, -0.2) is 50.1 Å². The molecule has 0 unspecified atom stereocenters. The number of hydrogen-bond acceptors (Lipinski definition) is 6. The Labute approximate surface area is 167 Å². The van der Waals surface area contributed by atoms with Gasteiger partial charge in [0.25, 0.3) is 5.91 Å². The summed E-state index contributed by atoms with van der Waals surface area (Å²) in [5.74, 6) is -2.61. The van der Waals surface area contributed by atoms with Crippen LogP contribution in [0.1, 0.15) is 23.2 Å². The number of hydrogen-bond donors (Lipinski definition) is 0. The largest absolute Gasteiger partial charge is 0.465 e. The van der Waals surface area contributed by atoms with E-state index in [4.69, 9.17) is 9.47 Å². The van der Waals surface area contributed by atoms with Gasteiger partial charge >= 0.3 is 11.9 Å². The molecule has 8 heteroatoms. The second-order valence-corrected chi connectivity index (χ2v) is 6.48. The van der Waals surface area contributed by atoms with E-state index in [9.17, 15) is 18.8 Å². The summed E-state index contributed by atoms with van der Waals surface area (Å²) in [7, 11) is 2.37. The van der Waals surface area contributed by atoms with Gasteiger partial charge in [-0.3, -0.25) is 4.79 Å². The number of ether oxygens (including phenoxy) is 2. The lowest BCUT2D eigenvalue weighted by atomic mass is 10.1. The Bertz CT molecular complexity index is 929. The van der Waals surface area contributed by atoms with Crippen LogP contribution in [0, 0.1) is 5.82 Å². The number of methoxy groups -OCH3 is 2. The number of anilines is 1. The molecule has 0 aromatic heterocycles. The number of benzene rings is 1. The van der Waals surface area contributed by atoms with E-state index >= 15 is 0 Å². The van der Waals surface area contributed by atoms with E-state index in [-0.39, 0.29) is 28.4 Å². The van der Waals surface area contributed by atoms with Crippen LogP contribution < -0.4 is 4.90 Å². The van der Waals surface area contributed by atoms with Crippen LogP contribution in [0.2, 0.25) is 0 Å². The molecule has 0 atom stereocenters. The standard InChI is InChI=1S/C21H21FN2O5/c1-28-20(26)16-7-3-4-12-24(18(16)21(27)29-2)14-8-9-15(17(22)13-14)19(25)23-10-5-6-11-23/h3-4,7-9,12-13H,5-6,10-11H2,1-2H3. The van der Waals surface area contributed by atoms with Gasteiger partial charge in [-0.1, -0.05) is 6.08 Å². The molecule has 1 aromatic carbocycles. The van der Waals surface area contributed by atoms with Crippen LogP contribution in [0.5, 0.6) is 0 Å². The first-order chi connectivity index (χ1) is 14.0. The average molecular weight is 400 g/mol. The molecule has 1 fully saturated rings. The van der Waals surface area contributed by atoms with E-state index in [0.717, 1.165) is 18.9 Å². The summed E-state index contributed by atoms with van der Waals surface area (Å²) in [6.45, 7) is 1.22. The summed E-state index contributed by atoms with van der Waals surface area (Å²) in [6, 6.07) is 4.04. The molecule has 1 amide bonds. The van der Waals surface area contributed by atoms with Gasteiger partial charge in [-0.15, -0.1) is 0 Å². The maximum Gasteiger partial charge on any atom is 0.355 e. The van der Waals surface area contributed by atoms with E-state index < -0.39 is 17.8 Å². The number of halogens is 1. The fourth-order valence-corrected chi connectivity index (χ4v) is 3.28. The summed E-state index contributed by atoms with van der Waals surface area (Å²) in [5.41, 5.74) is 0.0518. The summed E-state index contributed by atoms with van der Waals surface area (Å²) in [5, 5.41) is 0. The van der Waals surface area contributed by atoms with Gasteiger partial charge in [-0.2, -0.15) is 0 Å². The maximum atomic E-state index is 14.8. The van der Waals surface area contributed by atoms with Crippen LogP contribution in [-0.2, 0) is 19.1 Å². The monoisotopic (exact) mass is 400 g/mol. The highest BCUT2D eigenvalue weighted by molar-refractivity contribution is 6.05. The fraction of sp³-hybridized carbons (Fsp3) is 0.286. The van der Waals surface area contributed by atoms with Crippen molar-refractivity contribution in [3.8, 4) is 0 Å². The third-order valence-electron chi connectivity index (χ3n) is 4.74. The van der Waals surface area contributed by atoms with Crippen LogP contribution in [0.3, 0.4) is 0 Å². The Balaban J connectivity index is 2.03. The maximum absolute atomic E-state index is 14.8. The Morgan fingerprint density at radius 3 is 2.31 bits per heavy atom. The number of allylic oxidation sites excluding steroid dienone is 2. The van der Waals surface area contributed by atoms with Gasteiger partial charge < -0.3 is 19.3 Å². The molecule has 1 aromatic rings. The smallest absolute Gasteiger partial charge is 0.355 e. The second-order valence-electron chi connectivity index (χ2n) is 6.48. The zero-order chi connectivity index (χ0) is 21.0. The predicted molar refractivity (Wildman–Crippen MR) is 103 cm³/mol. The lowest BCUT2D eigenvalue weighted by Gasteiger charge is -2.24. The Morgan fingerprint density at radius 2 is 1.69 bits per heavy atom. The topological polar surface area (TPSA) is 76.2 Å². The van der Waals surface area contributed by atoms with Gasteiger partial charge in [-0.25, -0.2) is 14.0 Å². The lowest BCUT2D eigenvalue weighted by Crippen LogP contribution is -2.29. The highest BCUT2D eigenvalue weighted by Gasteiger charge is 2.29. The van der Waals surface area contributed by atoms with Crippen molar-refractivity contribution in [2.24, 2.45) is 0 Å². The first-order valence-corrected chi connectivity index (χ1v) is 9.11. The van der Waals surface area contributed by atoms with Crippen molar-refractivity contribution in [1.29, 1.82) is 0 Å². The molecule has 0 saturated carbocycles. The summed E-state index contributed by atoms with van der Waals surface area (Å²) < 4.78 is 24.4. The van der Waals surface area contributed by atoms with Crippen molar-refractivity contribution in [2.45, 2.75) is 12.8 Å². The molecule has 2 heterocycles. The third kappa shape index (κ3) is 4.06. The molecule has 0 spiro atoms. The summed E-state index contributed by atoms with van der Waals surface area (Å²) in [4.78, 5) is 40.0. The number of nitrogens with zero attached hydrogens (tertiary/aromatic N) is 2. The molecule has 0 bridgehead atoms. The number of likely N-dealkylation sites (tertiary alicyclic amines) is 1. The number of rotatable bonds is 4. The van der Waals surface area contributed by atoms with E-state index in [2.05, 4.69) is 0 Å². The van der Waals surface area contributed by atoms with Gasteiger partial charge in [0.15, 0.2) is 0 Å². The molecule has 29 heavy (non-hydrogen) atoms. The average Bonchev–Trinajstić information content (AvgIpc) is 3.18. The minimum atomic E-state index is -0.792. The number of amides is 1. The van der Waals surface area contributed by atoms with E-state index in [0.29, 0.717) is 13.1 Å². The molecule has 3 rings (SSSR count). The SMILES string of the molecule is COC(=O)C1=C(C(=O)OC)N(c2ccc(C(=O)N3CCCC3)c(F)c2)C=CC=C1. The molecule has 2 aliphatic rings. The fourth-order valence-electron chi connectivity index (χ4n) is 3.28. The molecular formula is C21H21FN2O5. The highest BCUT2D eigenvalue weighted by Crippen LogP contribution is 2.28. The second kappa shape index (κ2) is 8.72. The molecule has 2 aliphatic heterocycles. The van der Waals surface area contributed by atoms with Crippen molar-refractivity contribution < 1.29 is 28.2 Å². The van der Waals surface area contributed by atoms with Gasteiger partial charge in [0, 0.05) is 25.0 Å². The molecule has 152 valence electrons. The first-order valence-electron chi connectivity index (χ1n) is 9.11. The van der Waals surface area contributed by atoms with Crippen molar-refractivity contribution in [1.82, 2.24) is 4.90 Å². The van der Waals surface area contributed by atoms with E-state index in [1.165, 1.54) is 43.5 Å². The lowest BCUT2D eigenvalue weighted by molar-refractivity contribution is -0.139.